The topological polar surface area (TPSA) is 45.8 Å². The number of aromatic nitrogens is 2. The van der Waals surface area contributed by atoms with Crippen molar-refractivity contribution in [3.63, 3.8) is 0 Å². The van der Waals surface area contributed by atoms with Gasteiger partial charge in [0.25, 0.3) is 5.56 Å². The average molecular weight is 240 g/mol. The molecule has 0 aliphatic rings. The molecule has 0 unspecified atom stereocenters. The predicted molar refractivity (Wildman–Crippen MR) is 55.3 cm³/mol. The number of rotatable bonds is 1. The van der Waals surface area contributed by atoms with Crippen LogP contribution in [0, 0.1) is 0 Å². The summed E-state index contributed by atoms with van der Waals surface area (Å²) in [7, 11) is 0. The average Bonchev–Trinajstić information content (AvgIpc) is 2.28. The largest absolute Gasteiger partial charge is 0.417 e. The van der Waals surface area contributed by atoms with Crippen LogP contribution in [-0.4, -0.2) is 9.97 Å². The SMILES string of the molecule is O=c1cncc(-c2ccccc2C(F)(F)F)[nH]1. The van der Waals surface area contributed by atoms with Crippen molar-refractivity contribution in [1.82, 2.24) is 9.97 Å². The van der Waals surface area contributed by atoms with Gasteiger partial charge in [0, 0.05) is 5.56 Å². The van der Waals surface area contributed by atoms with Crippen LogP contribution in [0.15, 0.2) is 41.5 Å². The number of benzene rings is 1. The summed E-state index contributed by atoms with van der Waals surface area (Å²) in [6, 6.07) is 5.01. The van der Waals surface area contributed by atoms with Gasteiger partial charge in [0.2, 0.25) is 0 Å². The number of aromatic amines is 1. The molecule has 1 N–H and O–H groups in total. The Labute approximate surface area is 94.0 Å². The molecule has 0 bridgehead atoms. The van der Waals surface area contributed by atoms with Crippen LogP contribution in [0.25, 0.3) is 11.3 Å². The van der Waals surface area contributed by atoms with E-state index in [0.29, 0.717) is 0 Å². The van der Waals surface area contributed by atoms with Gasteiger partial charge >= 0.3 is 6.18 Å². The second kappa shape index (κ2) is 4.04. The zero-order chi connectivity index (χ0) is 12.5. The third-order valence-electron chi connectivity index (χ3n) is 2.18. The molecule has 0 radical (unpaired) electrons. The molecule has 0 fully saturated rings. The number of H-pyrrole nitrogens is 1. The van der Waals surface area contributed by atoms with Crippen LogP contribution >= 0.6 is 0 Å². The molecule has 0 atom stereocenters. The van der Waals surface area contributed by atoms with Crippen LogP contribution in [-0.2, 0) is 6.18 Å². The molecule has 0 aliphatic heterocycles. The first-order chi connectivity index (χ1) is 7.98. The van der Waals surface area contributed by atoms with Crippen LogP contribution in [0.1, 0.15) is 5.56 Å². The summed E-state index contributed by atoms with van der Waals surface area (Å²) in [5.41, 5.74) is -1.39. The molecule has 6 heteroatoms. The maximum Gasteiger partial charge on any atom is 0.417 e. The van der Waals surface area contributed by atoms with E-state index in [9.17, 15) is 18.0 Å². The van der Waals surface area contributed by atoms with E-state index < -0.39 is 17.3 Å². The first-order valence-corrected chi connectivity index (χ1v) is 4.69. The highest BCUT2D eigenvalue weighted by Gasteiger charge is 2.33. The van der Waals surface area contributed by atoms with E-state index in [-0.39, 0.29) is 11.3 Å². The minimum atomic E-state index is -4.47. The van der Waals surface area contributed by atoms with Crippen molar-refractivity contribution in [3.05, 3.63) is 52.6 Å². The van der Waals surface area contributed by atoms with E-state index in [0.717, 1.165) is 12.3 Å². The van der Waals surface area contributed by atoms with Gasteiger partial charge in [0.1, 0.15) is 0 Å². The van der Waals surface area contributed by atoms with Gasteiger partial charge in [-0.15, -0.1) is 0 Å². The van der Waals surface area contributed by atoms with Crippen molar-refractivity contribution in [2.24, 2.45) is 0 Å². The van der Waals surface area contributed by atoms with Crippen molar-refractivity contribution in [3.8, 4) is 11.3 Å². The van der Waals surface area contributed by atoms with Crippen molar-refractivity contribution >= 4 is 0 Å². The lowest BCUT2D eigenvalue weighted by Crippen LogP contribution is -2.10. The lowest BCUT2D eigenvalue weighted by atomic mass is 10.0. The van der Waals surface area contributed by atoms with Crippen LogP contribution in [0.3, 0.4) is 0 Å². The number of alkyl halides is 3. The van der Waals surface area contributed by atoms with Gasteiger partial charge in [-0.05, 0) is 6.07 Å². The first kappa shape index (κ1) is 11.4. The van der Waals surface area contributed by atoms with Crippen molar-refractivity contribution in [2.45, 2.75) is 6.18 Å². The maximum atomic E-state index is 12.7. The smallest absolute Gasteiger partial charge is 0.319 e. The molecule has 1 heterocycles. The molecule has 2 rings (SSSR count). The number of nitrogens with zero attached hydrogens (tertiary/aromatic N) is 1. The number of halogens is 3. The van der Waals surface area contributed by atoms with E-state index in [2.05, 4.69) is 9.97 Å². The Morgan fingerprint density at radius 3 is 2.47 bits per heavy atom. The lowest BCUT2D eigenvalue weighted by molar-refractivity contribution is -0.137. The zero-order valence-corrected chi connectivity index (χ0v) is 8.45. The molecule has 0 spiro atoms. The summed E-state index contributed by atoms with van der Waals surface area (Å²) in [6.07, 6.45) is -2.28. The number of hydrogen-bond donors (Lipinski definition) is 1. The summed E-state index contributed by atoms with van der Waals surface area (Å²) < 4.78 is 38.2. The molecular weight excluding hydrogens is 233 g/mol. The Morgan fingerprint density at radius 2 is 1.82 bits per heavy atom. The molecule has 3 nitrogen and oxygen atoms in total. The van der Waals surface area contributed by atoms with Gasteiger partial charge in [0.05, 0.1) is 23.7 Å². The minimum Gasteiger partial charge on any atom is -0.319 e. The second-order valence-corrected chi connectivity index (χ2v) is 3.35. The molecule has 17 heavy (non-hydrogen) atoms. The molecule has 0 saturated carbocycles. The molecule has 2 aromatic rings. The highest BCUT2D eigenvalue weighted by atomic mass is 19.4. The molecule has 0 saturated heterocycles. The fourth-order valence-corrected chi connectivity index (χ4v) is 1.48. The van der Waals surface area contributed by atoms with Crippen LogP contribution in [0.4, 0.5) is 13.2 Å². The van der Waals surface area contributed by atoms with E-state index in [1.807, 2.05) is 0 Å². The summed E-state index contributed by atoms with van der Waals surface area (Å²) in [6.45, 7) is 0. The first-order valence-electron chi connectivity index (χ1n) is 4.69. The van der Waals surface area contributed by atoms with E-state index in [4.69, 9.17) is 0 Å². The van der Waals surface area contributed by atoms with Crippen LogP contribution < -0.4 is 5.56 Å². The number of nitrogens with one attached hydrogen (secondary N) is 1. The highest BCUT2D eigenvalue weighted by molar-refractivity contribution is 5.63. The molecule has 0 aliphatic carbocycles. The molecule has 1 aromatic carbocycles. The minimum absolute atomic E-state index is 0.0467. The monoisotopic (exact) mass is 240 g/mol. The summed E-state index contributed by atoms with van der Waals surface area (Å²) in [4.78, 5) is 16.9. The fraction of sp³-hybridized carbons (Fsp3) is 0.0909. The van der Waals surface area contributed by atoms with Crippen LogP contribution in [0.2, 0.25) is 0 Å². The van der Waals surface area contributed by atoms with Crippen molar-refractivity contribution in [2.75, 3.05) is 0 Å². The zero-order valence-electron chi connectivity index (χ0n) is 8.45. The Morgan fingerprint density at radius 1 is 1.12 bits per heavy atom. The van der Waals surface area contributed by atoms with Gasteiger partial charge in [-0.25, -0.2) is 0 Å². The molecular formula is C11H7F3N2O. The van der Waals surface area contributed by atoms with E-state index in [1.54, 1.807) is 0 Å². The third-order valence-corrected chi connectivity index (χ3v) is 2.18. The van der Waals surface area contributed by atoms with E-state index in [1.165, 1.54) is 24.4 Å². The summed E-state index contributed by atoms with van der Waals surface area (Å²) in [5.74, 6) is 0. The van der Waals surface area contributed by atoms with Gasteiger partial charge in [-0.1, -0.05) is 18.2 Å². The maximum absolute atomic E-state index is 12.7. The standard InChI is InChI=1S/C11H7F3N2O/c12-11(13,14)8-4-2-1-3-7(8)9-5-15-6-10(17)16-9/h1-6H,(H,16,17). The molecule has 1 aromatic heterocycles. The Kier molecular flexibility index (Phi) is 2.71. The fourth-order valence-electron chi connectivity index (χ4n) is 1.48. The Hall–Kier alpha value is -2.11. The van der Waals surface area contributed by atoms with Gasteiger partial charge in [0.15, 0.2) is 0 Å². The van der Waals surface area contributed by atoms with Gasteiger partial charge < -0.3 is 4.98 Å². The second-order valence-electron chi connectivity index (χ2n) is 3.35. The normalized spacial score (nSPS) is 11.5. The Balaban J connectivity index is 2.64. The van der Waals surface area contributed by atoms with Gasteiger partial charge in [-0.2, -0.15) is 13.2 Å². The molecule has 88 valence electrons. The Bertz CT molecular complexity index is 590. The highest BCUT2D eigenvalue weighted by Crippen LogP contribution is 2.35. The summed E-state index contributed by atoms with van der Waals surface area (Å²) >= 11 is 0. The lowest BCUT2D eigenvalue weighted by Gasteiger charge is -2.11. The number of hydrogen-bond acceptors (Lipinski definition) is 2. The van der Waals surface area contributed by atoms with Crippen molar-refractivity contribution < 1.29 is 13.2 Å². The summed E-state index contributed by atoms with van der Waals surface area (Å²) in [5, 5.41) is 0. The molecule has 0 amide bonds. The quantitative estimate of drug-likeness (QED) is 0.832. The van der Waals surface area contributed by atoms with Crippen molar-refractivity contribution in [1.29, 1.82) is 0 Å². The van der Waals surface area contributed by atoms with Crippen LogP contribution in [0.5, 0.6) is 0 Å². The van der Waals surface area contributed by atoms with Gasteiger partial charge in [-0.3, -0.25) is 9.78 Å². The third kappa shape index (κ3) is 2.35. The predicted octanol–water partition coefficient (Wildman–Crippen LogP) is 2.46. The van der Waals surface area contributed by atoms with E-state index >= 15 is 0 Å².